The van der Waals surface area contributed by atoms with Crippen LogP contribution in [0.25, 0.3) is 0 Å². The number of likely N-dealkylation sites (tertiary alicyclic amines) is 1. The van der Waals surface area contributed by atoms with Gasteiger partial charge in [-0.05, 0) is 38.5 Å². The van der Waals surface area contributed by atoms with Gasteiger partial charge >= 0.3 is 5.97 Å². The second-order valence-corrected chi connectivity index (χ2v) is 9.25. The minimum absolute atomic E-state index is 0.235. The maximum atomic E-state index is 12.4. The van der Waals surface area contributed by atoms with Crippen LogP contribution in [-0.4, -0.2) is 68.7 Å². The molecule has 3 rings (SSSR count). The van der Waals surface area contributed by atoms with E-state index in [1.54, 1.807) is 7.11 Å². The van der Waals surface area contributed by atoms with Crippen LogP contribution < -0.4 is 0 Å². The molecule has 3 aliphatic rings. The van der Waals surface area contributed by atoms with Crippen LogP contribution in [0.4, 0.5) is 0 Å². The molecule has 1 aliphatic carbocycles. The molecule has 0 aromatic heterocycles. The van der Waals surface area contributed by atoms with Gasteiger partial charge in [-0.2, -0.15) is 0 Å². The highest BCUT2D eigenvalue weighted by Crippen LogP contribution is 2.42. The van der Waals surface area contributed by atoms with E-state index in [2.05, 4.69) is 0 Å². The Morgan fingerprint density at radius 2 is 1.86 bits per heavy atom. The molecule has 0 amide bonds. The maximum Gasteiger partial charge on any atom is 0.326 e. The first-order chi connectivity index (χ1) is 10.4. The molecule has 6 nitrogen and oxygen atoms in total. The fourth-order valence-corrected chi connectivity index (χ4v) is 6.60. The van der Waals surface area contributed by atoms with E-state index in [0.29, 0.717) is 25.9 Å². The third kappa shape index (κ3) is 2.37. The van der Waals surface area contributed by atoms with E-state index in [0.717, 1.165) is 25.7 Å². The van der Waals surface area contributed by atoms with Gasteiger partial charge in [-0.1, -0.05) is 0 Å². The van der Waals surface area contributed by atoms with Gasteiger partial charge < -0.3 is 9.47 Å². The van der Waals surface area contributed by atoms with Gasteiger partial charge in [0, 0.05) is 20.2 Å². The van der Waals surface area contributed by atoms with E-state index in [4.69, 9.17) is 9.47 Å². The highest BCUT2D eigenvalue weighted by molar-refractivity contribution is 7.93. The van der Waals surface area contributed by atoms with Crippen molar-refractivity contribution in [3.63, 3.8) is 0 Å². The van der Waals surface area contributed by atoms with Crippen LogP contribution in [0.2, 0.25) is 0 Å². The second-order valence-electron chi connectivity index (χ2n) is 6.74. The Kier molecular flexibility index (Phi) is 4.24. The normalized spacial score (nSPS) is 34.5. The number of hydrogen-bond donors (Lipinski definition) is 0. The smallest absolute Gasteiger partial charge is 0.326 e. The number of nitrogens with zero attached hydrogens (tertiary/aromatic N) is 1. The van der Waals surface area contributed by atoms with Gasteiger partial charge in [-0.3, -0.25) is 9.69 Å². The number of sulfone groups is 1. The molecule has 2 bridgehead atoms. The largest absolute Gasteiger partial charge is 0.468 e. The molecule has 3 fully saturated rings. The molecule has 0 aromatic rings. The molecule has 22 heavy (non-hydrogen) atoms. The van der Waals surface area contributed by atoms with Crippen LogP contribution in [0.15, 0.2) is 0 Å². The Morgan fingerprint density at radius 3 is 2.41 bits per heavy atom. The quantitative estimate of drug-likeness (QED) is 0.708. The highest BCUT2D eigenvalue weighted by Gasteiger charge is 2.54. The van der Waals surface area contributed by atoms with Crippen LogP contribution >= 0.6 is 0 Å². The van der Waals surface area contributed by atoms with Crippen molar-refractivity contribution in [2.24, 2.45) is 0 Å². The van der Waals surface area contributed by atoms with E-state index < -0.39 is 21.5 Å². The Morgan fingerprint density at radius 1 is 1.18 bits per heavy atom. The van der Waals surface area contributed by atoms with Gasteiger partial charge in [-0.25, -0.2) is 8.42 Å². The Bertz CT molecular complexity index is 537. The van der Waals surface area contributed by atoms with Gasteiger partial charge in [0.2, 0.25) is 0 Å². The van der Waals surface area contributed by atoms with Crippen molar-refractivity contribution in [3.05, 3.63) is 0 Å². The lowest BCUT2D eigenvalue weighted by atomic mass is 9.73. The molecule has 2 saturated heterocycles. The molecule has 0 radical (unpaired) electrons. The Labute approximate surface area is 132 Å². The van der Waals surface area contributed by atoms with Crippen molar-refractivity contribution in [1.82, 2.24) is 4.90 Å². The Balaban J connectivity index is 1.88. The number of carbonyl (C=O) groups excluding carboxylic acids is 1. The molecule has 0 spiro atoms. The molecule has 3 atom stereocenters. The topological polar surface area (TPSA) is 72.9 Å². The fourth-order valence-electron chi connectivity index (χ4n) is 4.30. The molecule has 2 heterocycles. The predicted molar refractivity (Wildman–Crippen MR) is 81.3 cm³/mol. The number of hydrogen-bond acceptors (Lipinski definition) is 6. The summed E-state index contributed by atoms with van der Waals surface area (Å²) in [5, 5.41) is -0.582. The molecular formula is C15H25NO5S. The molecule has 7 heteroatoms. The van der Waals surface area contributed by atoms with Crippen LogP contribution in [0.3, 0.4) is 0 Å². The van der Waals surface area contributed by atoms with Crippen LogP contribution in [-0.2, 0) is 24.1 Å². The number of carbonyl (C=O) groups is 1. The van der Waals surface area contributed by atoms with Gasteiger partial charge in [-0.15, -0.1) is 0 Å². The van der Waals surface area contributed by atoms with Gasteiger partial charge in [0.25, 0.3) is 0 Å². The van der Waals surface area contributed by atoms with E-state index in [1.165, 1.54) is 7.11 Å². The summed E-state index contributed by atoms with van der Waals surface area (Å²) in [5.74, 6) is -0.309. The van der Waals surface area contributed by atoms with Crippen molar-refractivity contribution in [1.29, 1.82) is 0 Å². The van der Waals surface area contributed by atoms with Crippen LogP contribution in [0, 0.1) is 0 Å². The third-order valence-corrected chi connectivity index (χ3v) is 8.53. The van der Waals surface area contributed by atoms with E-state index in [-0.39, 0.29) is 16.5 Å². The van der Waals surface area contributed by atoms with E-state index in [9.17, 15) is 13.2 Å². The third-order valence-electron chi connectivity index (χ3n) is 5.81. The van der Waals surface area contributed by atoms with Crippen molar-refractivity contribution in [3.8, 4) is 0 Å². The Hall–Kier alpha value is -0.660. The van der Waals surface area contributed by atoms with Crippen LogP contribution in [0.1, 0.15) is 38.5 Å². The van der Waals surface area contributed by atoms with E-state index in [1.807, 2.05) is 4.90 Å². The lowest BCUT2D eigenvalue weighted by Crippen LogP contribution is -2.62. The molecule has 0 N–H and O–H groups in total. The molecule has 2 aliphatic heterocycles. The minimum Gasteiger partial charge on any atom is -0.468 e. The van der Waals surface area contributed by atoms with Crippen molar-refractivity contribution in [2.75, 3.05) is 27.3 Å². The monoisotopic (exact) mass is 331 g/mol. The number of fused-ring (bicyclic) bond motifs is 2. The zero-order valence-corrected chi connectivity index (χ0v) is 14.1. The van der Waals surface area contributed by atoms with Crippen LogP contribution in [0.5, 0.6) is 0 Å². The lowest BCUT2D eigenvalue weighted by Gasteiger charge is -2.49. The highest BCUT2D eigenvalue weighted by atomic mass is 32.2. The van der Waals surface area contributed by atoms with Crippen molar-refractivity contribution < 1.29 is 22.7 Å². The molecular weight excluding hydrogens is 306 g/mol. The number of methoxy groups -OCH3 is 2. The van der Waals surface area contributed by atoms with Gasteiger partial charge in [0.15, 0.2) is 9.84 Å². The molecule has 0 aromatic carbocycles. The number of ether oxygens (including phenoxy) is 2. The summed E-state index contributed by atoms with van der Waals surface area (Å²) >= 11 is 0. The molecule has 126 valence electrons. The zero-order chi connectivity index (χ0) is 16.0. The zero-order valence-electron chi connectivity index (χ0n) is 13.3. The second kappa shape index (κ2) is 5.76. The summed E-state index contributed by atoms with van der Waals surface area (Å²) in [7, 11) is -0.0182. The summed E-state index contributed by atoms with van der Waals surface area (Å²) in [5.41, 5.74) is -0.513. The average Bonchev–Trinajstić information content (AvgIpc) is 2.63. The SMILES string of the molecule is COC(=O)C(N1CCC2CCC(C1)S2(=O)=O)C1(OC)CCC1. The first kappa shape index (κ1) is 16.2. The summed E-state index contributed by atoms with van der Waals surface area (Å²) in [6.07, 6.45) is 4.74. The first-order valence-electron chi connectivity index (χ1n) is 8.04. The average molecular weight is 331 g/mol. The van der Waals surface area contributed by atoms with Gasteiger partial charge in [0.05, 0.1) is 23.2 Å². The molecule has 3 unspecified atom stereocenters. The van der Waals surface area contributed by atoms with Gasteiger partial charge in [0.1, 0.15) is 6.04 Å². The van der Waals surface area contributed by atoms with E-state index >= 15 is 0 Å². The molecule has 1 saturated carbocycles. The summed E-state index contributed by atoms with van der Waals surface area (Å²) in [6.45, 7) is 1.04. The number of rotatable bonds is 4. The number of esters is 1. The summed E-state index contributed by atoms with van der Waals surface area (Å²) in [6, 6.07) is -0.495. The predicted octanol–water partition coefficient (Wildman–Crippen LogP) is 0.749. The maximum absolute atomic E-state index is 12.4. The fraction of sp³-hybridized carbons (Fsp3) is 0.933. The lowest BCUT2D eigenvalue weighted by molar-refractivity contribution is -0.174. The summed E-state index contributed by atoms with van der Waals surface area (Å²) < 4.78 is 35.6. The summed E-state index contributed by atoms with van der Waals surface area (Å²) in [4.78, 5) is 14.4. The van der Waals surface area contributed by atoms with Crippen molar-refractivity contribution >= 4 is 15.8 Å². The minimum atomic E-state index is -3.04. The standard InChI is InChI=1S/C15H25NO5S/c1-20-14(17)13(15(21-2)7-3-8-15)16-9-6-11-4-5-12(10-16)22(11,18)19/h11-13H,3-10H2,1-2H3. The van der Waals surface area contributed by atoms with Crippen molar-refractivity contribution in [2.45, 2.75) is 60.7 Å². The first-order valence-corrected chi connectivity index (χ1v) is 9.65.